The zero-order valence-electron chi connectivity index (χ0n) is 19.6. The van der Waals surface area contributed by atoms with E-state index in [9.17, 15) is 4.79 Å². The average Bonchev–Trinajstić information content (AvgIpc) is 3.11. The van der Waals surface area contributed by atoms with E-state index in [-0.39, 0.29) is 35.7 Å². The number of hydrogen-bond acceptors (Lipinski definition) is 5. The van der Waals surface area contributed by atoms with E-state index in [0.29, 0.717) is 17.6 Å². The van der Waals surface area contributed by atoms with E-state index in [1.54, 1.807) is 7.11 Å². The van der Waals surface area contributed by atoms with Crippen LogP contribution in [0.1, 0.15) is 73.1 Å². The van der Waals surface area contributed by atoms with Crippen LogP contribution in [0.3, 0.4) is 0 Å². The molecule has 29 heavy (non-hydrogen) atoms. The van der Waals surface area contributed by atoms with E-state index in [2.05, 4.69) is 34.6 Å². The lowest BCUT2D eigenvalue weighted by Gasteiger charge is -2.62. The molecule has 2 bridgehead atoms. The lowest BCUT2D eigenvalue weighted by molar-refractivity contribution is -0.211. The highest BCUT2D eigenvalue weighted by Gasteiger charge is 2.68. The number of ether oxygens (including phenoxy) is 3. The van der Waals surface area contributed by atoms with Gasteiger partial charge in [0.2, 0.25) is 0 Å². The lowest BCUT2D eigenvalue weighted by atomic mass is 9.45. The fourth-order valence-corrected chi connectivity index (χ4v) is 8.46. The molecule has 0 N–H and O–H groups in total. The second-order valence-electron chi connectivity index (χ2n) is 10.3. The third-order valence-electron chi connectivity index (χ3n) is 9.02. The number of ketones is 1. The zero-order valence-corrected chi connectivity index (χ0v) is 20.4. The fourth-order valence-electron chi connectivity index (χ4n) is 7.22. The van der Waals surface area contributed by atoms with Crippen LogP contribution < -0.4 is 0 Å². The Bertz CT molecular complexity index is 597. The first-order valence-corrected chi connectivity index (χ1v) is 12.5. The van der Waals surface area contributed by atoms with Crippen molar-refractivity contribution in [2.45, 2.75) is 90.1 Å². The highest BCUT2D eigenvalue weighted by molar-refractivity contribution is 8.01. The Morgan fingerprint density at radius 3 is 2.45 bits per heavy atom. The summed E-state index contributed by atoms with van der Waals surface area (Å²) < 4.78 is 17.5. The van der Waals surface area contributed by atoms with Crippen molar-refractivity contribution in [3.8, 4) is 0 Å². The molecule has 0 aromatic rings. The number of rotatable bonds is 7. The van der Waals surface area contributed by atoms with Gasteiger partial charge in [0.25, 0.3) is 0 Å². The van der Waals surface area contributed by atoms with E-state index in [1.807, 2.05) is 18.9 Å². The van der Waals surface area contributed by atoms with Crippen LogP contribution in [0.2, 0.25) is 0 Å². The molecule has 8 atom stereocenters. The number of carbonyl (C=O) groups is 1. The summed E-state index contributed by atoms with van der Waals surface area (Å²) >= 11 is 1.85. The van der Waals surface area contributed by atoms with E-state index in [4.69, 9.17) is 14.2 Å². The molecular formula is C24H42O4S. The minimum absolute atomic E-state index is 0.0105. The first-order chi connectivity index (χ1) is 13.7. The molecule has 3 saturated carbocycles. The van der Waals surface area contributed by atoms with Gasteiger partial charge in [-0.2, -0.15) is 0 Å². The summed E-state index contributed by atoms with van der Waals surface area (Å²) in [4.78, 5) is 14.0. The van der Waals surface area contributed by atoms with Gasteiger partial charge in [-0.05, 0) is 68.5 Å². The highest BCUT2D eigenvalue weighted by Crippen LogP contribution is 2.68. The Balaban J connectivity index is 2.14. The second-order valence-corrected chi connectivity index (χ2v) is 11.9. The number of carbonyl (C=O) groups excluding carboxylic acids is 1. The Morgan fingerprint density at radius 1 is 1.14 bits per heavy atom. The largest absolute Gasteiger partial charge is 0.381 e. The van der Waals surface area contributed by atoms with Crippen LogP contribution in [0.15, 0.2) is 0 Å². The number of Topliss-reactive ketones (excluding diaryl/α,β-unsaturated/α-hetero) is 1. The Morgan fingerprint density at radius 2 is 1.83 bits per heavy atom. The minimum atomic E-state index is -0.407. The van der Waals surface area contributed by atoms with Crippen LogP contribution in [0.4, 0.5) is 0 Å². The van der Waals surface area contributed by atoms with Gasteiger partial charge >= 0.3 is 0 Å². The van der Waals surface area contributed by atoms with Gasteiger partial charge in [0, 0.05) is 25.6 Å². The van der Waals surface area contributed by atoms with Gasteiger partial charge in [-0.1, -0.05) is 27.7 Å². The molecule has 3 aliphatic carbocycles. The molecule has 3 fully saturated rings. The maximum absolute atomic E-state index is 14.0. The van der Waals surface area contributed by atoms with Crippen molar-refractivity contribution in [2.75, 3.05) is 26.8 Å². The van der Waals surface area contributed by atoms with E-state index >= 15 is 0 Å². The highest BCUT2D eigenvalue weighted by atomic mass is 32.2. The monoisotopic (exact) mass is 426 g/mol. The molecule has 0 heterocycles. The van der Waals surface area contributed by atoms with E-state index in [0.717, 1.165) is 44.3 Å². The van der Waals surface area contributed by atoms with Gasteiger partial charge in [-0.25, -0.2) is 0 Å². The molecule has 0 aromatic carbocycles. The van der Waals surface area contributed by atoms with Crippen molar-refractivity contribution in [3.05, 3.63) is 0 Å². The molecule has 0 radical (unpaired) electrons. The summed E-state index contributed by atoms with van der Waals surface area (Å²) in [7, 11) is 3.54. The third-order valence-corrected chi connectivity index (χ3v) is 10.6. The molecule has 2 unspecified atom stereocenters. The van der Waals surface area contributed by atoms with Crippen molar-refractivity contribution >= 4 is 17.5 Å². The van der Waals surface area contributed by atoms with Crippen molar-refractivity contribution in [2.24, 2.45) is 28.6 Å². The van der Waals surface area contributed by atoms with Gasteiger partial charge in [0.15, 0.2) is 5.78 Å². The van der Waals surface area contributed by atoms with Crippen LogP contribution in [0.25, 0.3) is 0 Å². The number of thioether (sulfide) groups is 1. The first-order valence-electron chi connectivity index (χ1n) is 11.5. The predicted octanol–water partition coefficient (Wildman–Crippen LogP) is 5.33. The maximum atomic E-state index is 14.0. The van der Waals surface area contributed by atoms with Crippen molar-refractivity contribution in [1.82, 2.24) is 0 Å². The second kappa shape index (κ2) is 8.80. The average molecular weight is 427 g/mol. The molecule has 4 nitrogen and oxygen atoms in total. The smallest absolute Gasteiger partial charge is 0.152 e. The third kappa shape index (κ3) is 3.62. The summed E-state index contributed by atoms with van der Waals surface area (Å²) in [5, 5.41) is 0. The topological polar surface area (TPSA) is 44.8 Å². The molecular weight excluding hydrogens is 384 g/mol. The van der Waals surface area contributed by atoms with Crippen LogP contribution in [-0.4, -0.2) is 49.5 Å². The summed E-state index contributed by atoms with van der Waals surface area (Å²) in [5.74, 6) is 2.39. The van der Waals surface area contributed by atoms with Crippen molar-refractivity contribution < 1.29 is 19.0 Å². The zero-order chi connectivity index (χ0) is 21.4. The SMILES string of the molecule is CCCS[C@]1(C)C[C@@H](OCOC)[C@@]2(C)C3[C@H](OC)CCC3(CC[C@H]2C)[C@@H](C)C1=O. The van der Waals surface area contributed by atoms with Gasteiger partial charge in [0.1, 0.15) is 6.79 Å². The predicted molar refractivity (Wildman–Crippen MR) is 119 cm³/mol. The van der Waals surface area contributed by atoms with Crippen LogP contribution in [0.5, 0.6) is 0 Å². The Kier molecular flexibility index (Phi) is 7.15. The van der Waals surface area contributed by atoms with E-state index in [1.165, 1.54) is 0 Å². The standard InChI is InChI=1S/C24H42O4S/c1-8-13-29-22(4)14-19(28-15-26-6)23(5)16(2)9-11-24(17(3)21(22)25)12-10-18(27-7)20(23)24/h16-20H,8-15H2,1-7H3/t16-,17+,18-,19-,20?,22-,23+,24?/m1/s1. The van der Waals surface area contributed by atoms with Gasteiger partial charge in [-0.15, -0.1) is 11.8 Å². The van der Waals surface area contributed by atoms with Crippen LogP contribution in [-0.2, 0) is 19.0 Å². The van der Waals surface area contributed by atoms with E-state index < -0.39 is 4.75 Å². The van der Waals surface area contributed by atoms with Gasteiger partial charge < -0.3 is 14.2 Å². The molecule has 0 aromatic heterocycles. The van der Waals surface area contributed by atoms with Crippen molar-refractivity contribution in [1.29, 1.82) is 0 Å². The first kappa shape index (κ1) is 23.6. The fraction of sp³-hybridized carbons (Fsp3) is 0.958. The molecule has 0 saturated heterocycles. The molecule has 168 valence electrons. The molecule has 3 rings (SSSR count). The quantitative estimate of drug-likeness (QED) is 0.515. The minimum Gasteiger partial charge on any atom is -0.381 e. The lowest BCUT2D eigenvalue weighted by Crippen LogP contribution is -2.63. The summed E-state index contributed by atoms with van der Waals surface area (Å²) in [6.07, 6.45) is 6.47. The molecule has 3 aliphatic rings. The van der Waals surface area contributed by atoms with Crippen LogP contribution in [0, 0.1) is 28.6 Å². The summed E-state index contributed by atoms with van der Waals surface area (Å²) in [5.41, 5.74) is -0.000885. The van der Waals surface area contributed by atoms with Crippen LogP contribution >= 0.6 is 11.8 Å². The maximum Gasteiger partial charge on any atom is 0.152 e. The summed E-state index contributed by atoms with van der Waals surface area (Å²) in [6.45, 7) is 11.7. The van der Waals surface area contributed by atoms with Gasteiger partial charge in [-0.3, -0.25) is 4.79 Å². The number of methoxy groups -OCH3 is 2. The molecule has 5 heteroatoms. The van der Waals surface area contributed by atoms with Gasteiger partial charge in [0.05, 0.1) is 17.0 Å². The number of hydrogen-bond donors (Lipinski definition) is 0. The normalized spacial score (nSPS) is 47.6. The van der Waals surface area contributed by atoms with Crippen molar-refractivity contribution in [3.63, 3.8) is 0 Å². The molecule has 0 amide bonds. The molecule has 0 aliphatic heterocycles. The Hall–Kier alpha value is -0.100. The molecule has 0 spiro atoms. The summed E-state index contributed by atoms with van der Waals surface area (Å²) in [6, 6.07) is 0. The Labute approximate surface area is 182 Å².